The van der Waals surface area contributed by atoms with Crippen molar-refractivity contribution in [2.45, 2.75) is 12.5 Å². The van der Waals surface area contributed by atoms with Gasteiger partial charge >= 0.3 is 0 Å². The van der Waals surface area contributed by atoms with Gasteiger partial charge in [0, 0.05) is 36.1 Å². The first-order valence-corrected chi connectivity index (χ1v) is 7.64. The van der Waals surface area contributed by atoms with Crippen molar-refractivity contribution in [2.75, 3.05) is 11.9 Å². The van der Waals surface area contributed by atoms with E-state index in [4.69, 9.17) is 0 Å². The zero-order chi connectivity index (χ0) is 16.9. The molecule has 0 aliphatic heterocycles. The van der Waals surface area contributed by atoms with Gasteiger partial charge in [0.05, 0.1) is 16.4 Å². The van der Waals surface area contributed by atoms with E-state index in [0.29, 0.717) is 11.8 Å². The Morgan fingerprint density at radius 2 is 1.92 bits per heavy atom. The summed E-state index contributed by atoms with van der Waals surface area (Å²) in [5, 5.41) is 25.2. The molecule has 0 unspecified atom stereocenters. The summed E-state index contributed by atoms with van der Waals surface area (Å²) < 4.78 is 0. The van der Waals surface area contributed by atoms with Gasteiger partial charge in [-0.05, 0) is 24.1 Å². The Kier molecular flexibility index (Phi) is 4.67. The molecule has 0 saturated heterocycles. The van der Waals surface area contributed by atoms with Gasteiger partial charge in [0.1, 0.15) is 0 Å². The second kappa shape index (κ2) is 7.06. The van der Waals surface area contributed by atoms with E-state index >= 15 is 0 Å². The molecule has 1 heterocycles. The van der Waals surface area contributed by atoms with Crippen LogP contribution in [0.15, 0.2) is 60.9 Å². The quantitative estimate of drug-likeness (QED) is 0.533. The number of nitro groups is 1. The Hall–Kier alpha value is -2.99. The number of nitrogens with zero attached hydrogens (tertiary/aromatic N) is 2. The number of benzene rings is 2. The fourth-order valence-electron chi connectivity index (χ4n) is 2.78. The normalized spacial score (nSPS) is 12.0. The molecule has 0 fully saturated rings. The van der Waals surface area contributed by atoms with Crippen molar-refractivity contribution in [2.24, 2.45) is 0 Å². The largest absolute Gasteiger partial charge is 0.396 e. The maximum Gasteiger partial charge on any atom is 0.278 e. The van der Waals surface area contributed by atoms with Crippen LogP contribution in [0.3, 0.4) is 0 Å². The molecule has 0 amide bonds. The maximum atomic E-state index is 11.2. The molecular weight excluding hydrogens is 306 g/mol. The second-order valence-corrected chi connectivity index (χ2v) is 5.43. The van der Waals surface area contributed by atoms with Gasteiger partial charge in [0.25, 0.3) is 5.69 Å². The van der Waals surface area contributed by atoms with Crippen LogP contribution >= 0.6 is 0 Å². The molecule has 6 heteroatoms. The van der Waals surface area contributed by atoms with E-state index in [1.165, 1.54) is 12.3 Å². The number of non-ortho nitro benzene ring substituents is 1. The number of pyridine rings is 1. The highest BCUT2D eigenvalue weighted by molar-refractivity contribution is 5.99. The molecule has 1 atom stereocenters. The van der Waals surface area contributed by atoms with Crippen LogP contribution in [0, 0.1) is 10.1 Å². The second-order valence-electron chi connectivity index (χ2n) is 5.43. The number of anilines is 1. The van der Waals surface area contributed by atoms with E-state index in [1.807, 2.05) is 30.3 Å². The highest BCUT2D eigenvalue weighted by Gasteiger charge is 2.17. The first-order chi connectivity index (χ1) is 11.7. The molecule has 2 N–H and O–H groups in total. The summed E-state index contributed by atoms with van der Waals surface area (Å²) in [6.45, 7) is 0.0407. The van der Waals surface area contributed by atoms with Crippen LogP contribution in [0.4, 0.5) is 11.4 Å². The van der Waals surface area contributed by atoms with Gasteiger partial charge in [0.2, 0.25) is 0 Å². The van der Waals surface area contributed by atoms with Crippen LogP contribution in [-0.2, 0) is 0 Å². The molecule has 3 aromatic rings. The van der Waals surface area contributed by atoms with Crippen molar-refractivity contribution >= 4 is 22.1 Å². The van der Waals surface area contributed by atoms with Gasteiger partial charge in [-0.1, -0.05) is 30.3 Å². The van der Waals surface area contributed by atoms with E-state index in [1.54, 1.807) is 18.3 Å². The van der Waals surface area contributed by atoms with E-state index < -0.39 is 4.92 Å². The predicted molar refractivity (Wildman–Crippen MR) is 92.9 cm³/mol. The van der Waals surface area contributed by atoms with Crippen molar-refractivity contribution in [3.8, 4) is 0 Å². The van der Waals surface area contributed by atoms with E-state index in [0.717, 1.165) is 16.6 Å². The van der Waals surface area contributed by atoms with Gasteiger partial charge < -0.3 is 10.4 Å². The molecule has 6 nitrogen and oxygen atoms in total. The number of hydrogen-bond donors (Lipinski definition) is 2. The minimum Gasteiger partial charge on any atom is -0.396 e. The maximum absolute atomic E-state index is 11.2. The third-order valence-electron chi connectivity index (χ3n) is 3.94. The molecule has 122 valence electrons. The SMILES string of the molecule is O=[N+]([O-])c1ccc(N[C@H](CCO)c2ccccc2)c2ccncc12. The lowest BCUT2D eigenvalue weighted by molar-refractivity contribution is -0.383. The summed E-state index contributed by atoms with van der Waals surface area (Å²) in [5.74, 6) is 0. The predicted octanol–water partition coefficient (Wildman–Crippen LogP) is 3.68. The van der Waals surface area contributed by atoms with Crippen molar-refractivity contribution in [3.63, 3.8) is 0 Å². The number of aliphatic hydroxyl groups is 1. The average molecular weight is 323 g/mol. The standard InChI is InChI=1S/C18H17N3O3/c22-11-9-16(13-4-2-1-3-5-13)20-17-6-7-18(21(23)24)15-12-19-10-8-14(15)17/h1-8,10,12,16,20,22H,9,11H2/t16-/m1/s1. The Labute approximate surface area is 138 Å². The van der Waals surface area contributed by atoms with Crippen molar-refractivity contribution in [1.82, 2.24) is 4.98 Å². The van der Waals surface area contributed by atoms with Crippen molar-refractivity contribution in [3.05, 3.63) is 76.6 Å². The molecule has 0 saturated carbocycles. The fourth-order valence-corrected chi connectivity index (χ4v) is 2.78. The van der Waals surface area contributed by atoms with Gasteiger partial charge in [-0.2, -0.15) is 0 Å². The number of hydrogen-bond acceptors (Lipinski definition) is 5. The smallest absolute Gasteiger partial charge is 0.278 e. The molecule has 0 aliphatic carbocycles. The summed E-state index contributed by atoms with van der Waals surface area (Å²) in [6, 6.07) is 14.6. The Bertz CT molecular complexity index is 853. The number of fused-ring (bicyclic) bond motifs is 1. The van der Waals surface area contributed by atoms with E-state index in [-0.39, 0.29) is 18.3 Å². The number of aliphatic hydroxyl groups excluding tert-OH is 1. The highest BCUT2D eigenvalue weighted by atomic mass is 16.6. The summed E-state index contributed by atoms with van der Waals surface area (Å²) >= 11 is 0. The van der Waals surface area contributed by atoms with Gasteiger partial charge in [0.15, 0.2) is 0 Å². The topological polar surface area (TPSA) is 88.3 Å². The lowest BCUT2D eigenvalue weighted by atomic mass is 10.0. The van der Waals surface area contributed by atoms with Crippen LogP contribution in [0.5, 0.6) is 0 Å². The average Bonchev–Trinajstić information content (AvgIpc) is 2.62. The summed E-state index contributed by atoms with van der Waals surface area (Å²) in [6.07, 6.45) is 3.65. The third kappa shape index (κ3) is 3.18. The number of nitrogens with one attached hydrogen (secondary N) is 1. The molecule has 1 aromatic heterocycles. The lowest BCUT2D eigenvalue weighted by Crippen LogP contribution is -2.12. The molecule has 3 rings (SSSR count). The molecular formula is C18H17N3O3. The summed E-state index contributed by atoms with van der Waals surface area (Å²) in [5.41, 5.74) is 1.86. The summed E-state index contributed by atoms with van der Waals surface area (Å²) in [4.78, 5) is 14.8. The number of nitro benzene ring substituents is 1. The van der Waals surface area contributed by atoms with Crippen molar-refractivity contribution < 1.29 is 10.0 Å². The molecule has 24 heavy (non-hydrogen) atoms. The number of aromatic nitrogens is 1. The molecule has 0 spiro atoms. The van der Waals surface area contributed by atoms with Crippen LogP contribution < -0.4 is 5.32 Å². The first kappa shape index (κ1) is 15.9. The third-order valence-corrected chi connectivity index (χ3v) is 3.94. The minimum absolute atomic E-state index is 0.0297. The number of rotatable bonds is 6. The van der Waals surface area contributed by atoms with Crippen LogP contribution in [0.1, 0.15) is 18.0 Å². The zero-order valence-corrected chi connectivity index (χ0v) is 12.9. The first-order valence-electron chi connectivity index (χ1n) is 7.64. The van der Waals surface area contributed by atoms with E-state index in [2.05, 4.69) is 10.3 Å². The zero-order valence-electron chi connectivity index (χ0n) is 12.9. The van der Waals surface area contributed by atoms with Crippen LogP contribution in [-0.4, -0.2) is 21.6 Å². The van der Waals surface area contributed by atoms with Gasteiger partial charge in [-0.3, -0.25) is 15.1 Å². The van der Waals surface area contributed by atoms with E-state index in [9.17, 15) is 15.2 Å². The van der Waals surface area contributed by atoms with Gasteiger partial charge in [-0.25, -0.2) is 0 Å². The van der Waals surface area contributed by atoms with Crippen LogP contribution in [0.25, 0.3) is 10.8 Å². The Morgan fingerprint density at radius 3 is 2.62 bits per heavy atom. The lowest BCUT2D eigenvalue weighted by Gasteiger charge is -2.20. The Morgan fingerprint density at radius 1 is 1.12 bits per heavy atom. The Balaban J connectivity index is 2.03. The summed E-state index contributed by atoms with van der Waals surface area (Å²) in [7, 11) is 0. The monoisotopic (exact) mass is 323 g/mol. The molecule has 0 aliphatic rings. The molecule has 0 radical (unpaired) electrons. The minimum atomic E-state index is -0.407. The molecule has 0 bridgehead atoms. The van der Waals surface area contributed by atoms with Crippen LogP contribution in [0.2, 0.25) is 0 Å². The highest BCUT2D eigenvalue weighted by Crippen LogP contribution is 2.33. The fraction of sp³-hybridized carbons (Fsp3) is 0.167. The molecule has 2 aromatic carbocycles. The van der Waals surface area contributed by atoms with Gasteiger partial charge in [-0.15, -0.1) is 0 Å². The van der Waals surface area contributed by atoms with Crippen molar-refractivity contribution in [1.29, 1.82) is 0 Å².